The number of aliphatic hydroxyl groups excluding tert-OH is 1. The van der Waals surface area contributed by atoms with Crippen molar-refractivity contribution in [1.82, 2.24) is 9.88 Å². The molecule has 3 aromatic rings. The Hall–Kier alpha value is -3.38. The van der Waals surface area contributed by atoms with Crippen LogP contribution in [0, 0.1) is 6.92 Å². The molecule has 30 heavy (non-hydrogen) atoms. The first kappa shape index (κ1) is 19.9. The van der Waals surface area contributed by atoms with Crippen LogP contribution < -0.4 is 0 Å². The van der Waals surface area contributed by atoms with E-state index in [4.69, 9.17) is 4.74 Å². The molecule has 2 N–H and O–H groups in total. The lowest BCUT2D eigenvalue weighted by molar-refractivity contribution is -0.140. The molecule has 6 heteroatoms. The highest BCUT2D eigenvalue weighted by molar-refractivity contribution is 6.46. The van der Waals surface area contributed by atoms with Gasteiger partial charge in [0.1, 0.15) is 5.76 Å². The summed E-state index contributed by atoms with van der Waals surface area (Å²) in [5.41, 5.74) is 3.37. The molecule has 0 spiro atoms. The van der Waals surface area contributed by atoms with E-state index in [1.54, 1.807) is 19.2 Å². The van der Waals surface area contributed by atoms with Crippen LogP contribution >= 0.6 is 0 Å². The number of para-hydroxylation sites is 1. The van der Waals surface area contributed by atoms with Crippen LogP contribution in [0.4, 0.5) is 0 Å². The van der Waals surface area contributed by atoms with Crippen LogP contribution in [0.25, 0.3) is 16.7 Å². The highest BCUT2D eigenvalue weighted by Crippen LogP contribution is 2.41. The molecule has 1 amide bonds. The van der Waals surface area contributed by atoms with E-state index in [-0.39, 0.29) is 11.3 Å². The van der Waals surface area contributed by atoms with Crippen molar-refractivity contribution in [2.24, 2.45) is 0 Å². The maximum Gasteiger partial charge on any atom is 0.295 e. The number of rotatable bonds is 6. The molecule has 1 aromatic heterocycles. The van der Waals surface area contributed by atoms with Crippen LogP contribution in [0.1, 0.15) is 29.2 Å². The first-order valence-corrected chi connectivity index (χ1v) is 9.93. The summed E-state index contributed by atoms with van der Waals surface area (Å²) in [5, 5.41) is 12.0. The van der Waals surface area contributed by atoms with Crippen molar-refractivity contribution in [2.45, 2.75) is 19.4 Å². The molecule has 1 atom stereocenters. The number of aromatic amines is 1. The number of ketones is 1. The molecule has 1 unspecified atom stereocenters. The Morgan fingerprint density at radius 3 is 2.60 bits per heavy atom. The first-order chi connectivity index (χ1) is 14.5. The normalized spacial score (nSPS) is 18.5. The topological polar surface area (TPSA) is 82.6 Å². The Bertz CT molecular complexity index is 1130. The van der Waals surface area contributed by atoms with Gasteiger partial charge in [0.2, 0.25) is 0 Å². The van der Waals surface area contributed by atoms with Crippen molar-refractivity contribution < 1.29 is 19.4 Å². The highest BCUT2D eigenvalue weighted by Gasteiger charge is 2.46. The monoisotopic (exact) mass is 404 g/mol. The predicted molar refractivity (Wildman–Crippen MR) is 115 cm³/mol. The first-order valence-electron chi connectivity index (χ1n) is 9.93. The number of ether oxygens (including phenoxy) is 1. The molecule has 0 aliphatic carbocycles. The number of likely N-dealkylation sites (tertiary alicyclic amines) is 1. The Labute approximate surface area is 174 Å². The van der Waals surface area contributed by atoms with Crippen molar-refractivity contribution in [3.63, 3.8) is 0 Å². The molecule has 2 aromatic carbocycles. The molecule has 6 nitrogen and oxygen atoms in total. The molecule has 0 saturated carbocycles. The van der Waals surface area contributed by atoms with E-state index in [0.29, 0.717) is 25.1 Å². The lowest BCUT2D eigenvalue weighted by Crippen LogP contribution is -2.31. The number of methoxy groups -OCH3 is 1. The van der Waals surface area contributed by atoms with E-state index in [1.807, 2.05) is 49.5 Å². The molecule has 1 saturated heterocycles. The van der Waals surface area contributed by atoms with Crippen LogP contribution in [0.2, 0.25) is 0 Å². The number of Topliss-reactive ketones (excluding diaryl/α,β-unsaturated/α-hetero) is 1. The fraction of sp³-hybridized carbons (Fsp3) is 0.250. The third-order valence-corrected chi connectivity index (χ3v) is 5.53. The molecule has 1 aliphatic heterocycles. The molecule has 2 heterocycles. The summed E-state index contributed by atoms with van der Waals surface area (Å²) in [6, 6.07) is 14.3. The number of H-pyrrole nitrogens is 1. The average molecular weight is 404 g/mol. The molecule has 0 radical (unpaired) electrons. The van der Waals surface area contributed by atoms with Gasteiger partial charge >= 0.3 is 0 Å². The largest absolute Gasteiger partial charge is 0.507 e. The minimum atomic E-state index is -0.667. The average Bonchev–Trinajstić information content (AvgIpc) is 3.28. The number of amides is 1. The van der Waals surface area contributed by atoms with Gasteiger partial charge in [-0.15, -0.1) is 0 Å². The zero-order valence-corrected chi connectivity index (χ0v) is 17.0. The Balaban J connectivity index is 1.88. The van der Waals surface area contributed by atoms with Gasteiger partial charge in [0.05, 0.1) is 11.6 Å². The lowest BCUT2D eigenvalue weighted by Gasteiger charge is -2.24. The lowest BCUT2D eigenvalue weighted by atomic mass is 9.94. The fourth-order valence-electron chi connectivity index (χ4n) is 4.00. The quantitative estimate of drug-likeness (QED) is 0.282. The SMILES string of the molecule is COCCCN1C(=O)C(=O)/C(=C(/O)c2ccc(C)cc2)C1c1c[nH]c2ccccc12. The van der Waals surface area contributed by atoms with Gasteiger partial charge in [-0.3, -0.25) is 9.59 Å². The van der Waals surface area contributed by atoms with Crippen molar-refractivity contribution >= 4 is 28.4 Å². The van der Waals surface area contributed by atoms with E-state index in [1.165, 1.54) is 4.90 Å². The van der Waals surface area contributed by atoms with E-state index in [2.05, 4.69) is 4.98 Å². The zero-order chi connectivity index (χ0) is 21.3. The van der Waals surface area contributed by atoms with Gasteiger partial charge in [0, 0.05) is 48.5 Å². The Kier molecular flexibility index (Phi) is 5.42. The van der Waals surface area contributed by atoms with Gasteiger partial charge in [-0.25, -0.2) is 0 Å². The minimum Gasteiger partial charge on any atom is -0.507 e. The van der Waals surface area contributed by atoms with Gasteiger partial charge in [-0.2, -0.15) is 0 Å². The van der Waals surface area contributed by atoms with E-state index in [0.717, 1.165) is 22.0 Å². The van der Waals surface area contributed by atoms with E-state index in [9.17, 15) is 14.7 Å². The number of aryl methyl sites for hydroxylation is 1. The third-order valence-electron chi connectivity index (χ3n) is 5.53. The van der Waals surface area contributed by atoms with E-state index >= 15 is 0 Å². The van der Waals surface area contributed by atoms with Crippen molar-refractivity contribution in [1.29, 1.82) is 0 Å². The summed E-state index contributed by atoms with van der Waals surface area (Å²) in [5.74, 6) is -1.42. The van der Waals surface area contributed by atoms with Crippen LogP contribution in [-0.4, -0.2) is 46.9 Å². The molecule has 1 aliphatic rings. The zero-order valence-electron chi connectivity index (χ0n) is 17.0. The third kappa shape index (κ3) is 3.39. The molecule has 4 rings (SSSR count). The standard InChI is InChI=1S/C24H24N2O4/c1-15-8-10-16(11-9-15)22(27)20-21(18-14-25-19-7-4-3-6-17(18)19)26(12-5-13-30-2)24(29)23(20)28/h3-4,6-11,14,21,25,27H,5,12-13H2,1-2H3/b22-20+. The molecular formula is C24H24N2O4. The number of hydrogen-bond donors (Lipinski definition) is 2. The second-order valence-electron chi connectivity index (χ2n) is 7.49. The summed E-state index contributed by atoms with van der Waals surface area (Å²) < 4.78 is 5.12. The molecule has 154 valence electrons. The summed E-state index contributed by atoms with van der Waals surface area (Å²) >= 11 is 0. The van der Waals surface area contributed by atoms with Crippen LogP contribution in [0.15, 0.2) is 60.3 Å². The number of carbonyl (C=O) groups excluding carboxylic acids is 2. The Morgan fingerprint density at radius 2 is 1.87 bits per heavy atom. The number of hydrogen-bond acceptors (Lipinski definition) is 4. The summed E-state index contributed by atoms with van der Waals surface area (Å²) in [6.07, 6.45) is 2.40. The van der Waals surface area contributed by atoms with Crippen LogP contribution in [0.5, 0.6) is 0 Å². The smallest absolute Gasteiger partial charge is 0.295 e. The molecule has 0 bridgehead atoms. The van der Waals surface area contributed by atoms with Gasteiger partial charge < -0.3 is 19.7 Å². The number of fused-ring (bicyclic) bond motifs is 1. The summed E-state index contributed by atoms with van der Waals surface area (Å²) in [4.78, 5) is 30.7. The highest BCUT2D eigenvalue weighted by atomic mass is 16.5. The molecular weight excluding hydrogens is 380 g/mol. The Morgan fingerprint density at radius 1 is 1.13 bits per heavy atom. The summed E-state index contributed by atoms with van der Waals surface area (Å²) in [6.45, 7) is 2.78. The summed E-state index contributed by atoms with van der Waals surface area (Å²) in [7, 11) is 1.60. The number of benzene rings is 2. The number of nitrogens with one attached hydrogen (secondary N) is 1. The second-order valence-corrected chi connectivity index (χ2v) is 7.49. The van der Waals surface area contributed by atoms with Crippen LogP contribution in [-0.2, 0) is 14.3 Å². The number of aliphatic hydroxyl groups is 1. The van der Waals surface area contributed by atoms with Crippen molar-refractivity contribution in [3.05, 3.63) is 77.0 Å². The predicted octanol–water partition coefficient (Wildman–Crippen LogP) is 3.93. The molecule has 1 fully saturated rings. The van der Waals surface area contributed by atoms with Gasteiger partial charge in [-0.1, -0.05) is 48.0 Å². The number of nitrogens with zero attached hydrogens (tertiary/aromatic N) is 1. The maximum absolute atomic E-state index is 13.0. The van der Waals surface area contributed by atoms with Crippen LogP contribution in [0.3, 0.4) is 0 Å². The number of carbonyl (C=O) groups is 2. The van der Waals surface area contributed by atoms with Gasteiger partial charge in [-0.05, 0) is 19.4 Å². The van der Waals surface area contributed by atoms with Crippen molar-refractivity contribution in [2.75, 3.05) is 20.3 Å². The fourth-order valence-corrected chi connectivity index (χ4v) is 4.00. The second kappa shape index (κ2) is 8.16. The number of aromatic nitrogens is 1. The van der Waals surface area contributed by atoms with Crippen molar-refractivity contribution in [3.8, 4) is 0 Å². The minimum absolute atomic E-state index is 0.117. The van der Waals surface area contributed by atoms with Gasteiger partial charge in [0.15, 0.2) is 0 Å². The van der Waals surface area contributed by atoms with E-state index < -0.39 is 17.7 Å². The maximum atomic E-state index is 13.0. The van der Waals surface area contributed by atoms with Gasteiger partial charge in [0.25, 0.3) is 11.7 Å².